The van der Waals surface area contributed by atoms with Crippen molar-refractivity contribution in [3.05, 3.63) is 18.0 Å². The Morgan fingerprint density at radius 2 is 1.73 bits per heavy atom. The quantitative estimate of drug-likeness (QED) is 0.536. The SMILES string of the molecule is CCOc1cc(-c2nn3c(C4CCCN(C)C4)nnc3s2)cc(OCC)c1OCC. The summed E-state index contributed by atoms with van der Waals surface area (Å²) in [6.45, 7) is 9.60. The maximum absolute atomic E-state index is 5.86. The normalized spacial score (nSPS) is 17.4. The lowest BCUT2D eigenvalue weighted by Gasteiger charge is -2.28. The predicted molar refractivity (Wildman–Crippen MR) is 117 cm³/mol. The van der Waals surface area contributed by atoms with Gasteiger partial charge in [0.05, 0.1) is 19.8 Å². The van der Waals surface area contributed by atoms with E-state index in [1.54, 1.807) is 0 Å². The second-order valence-corrected chi connectivity index (χ2v) is 8.32. The van der Waals surface area contributed by atoms with Crippen LogP contribution >= 0.6 is 11.3 Å². The first-order valence-electron chi connectivity index (χ1n) is 10.6. The number of hydrogen-bond donors (Lipinski definition) is 0. The van der Waals surface area contributed by atoms with Crippen LogP contribution in [0.2, 0.25) is 0 Å². The smallest absolute Gasteiger partial charge is 0.234 e. The molecule has 0 spiro atoms. The van der Waals surface area contributed by atoms with Gasteiger partial charge in [0, 0.05) is 18.0 Å². The molecule has 0 amide bonds. The molecule has 8 nitrogen and oxygen atoms in total. The molecule has 3 heterocycles. The van der Waals surface area contributed by atoms with E-state index in [4.69, 9.17) is 19.3 Å². The van der Waals surface area contributed by atoms with Crippen LogP contribution < -0.4 is 14.2 Å². The zero-order valence-electron chi connectivity index (χ0n) is 18.1. The van der Waals surface area contributed by atoms with Crippen molar-refractivity contribution >= 4 is 16.3 Å². The minimum atomic E-state index is 0.354. The molecule has 2 aromatic heterocycles. The standard InChI is InChI=1S/C21H29N5O3S/c1-5-27-16-11-15(12-17(28-6-2)18(16)29-7-3)20-24-26-19(22-23-21(26)30-20)14-9-8-10-25(4)13-14/h11-12,14H,5-10,13H2,1-4H3. The van der Waals surface area contributed by atoms with Gasteiger partial charge >= 0.3 is 0 Å². The van der Waals surface area contributed by atoms with Crippen molar-refractivity contribution < 1.29 is 14.2 Å². The number of nitrogens with zero attached hydrogens (tertiary/aromatic N) is 5. The van der Waals surface area contributed by atoms with Gasteiger partial charge in [0.25, 0.3) is 0 Å². The van der Waals surface area contributed by atoms with Crippen LogP contribution in [0.15, 0.2) is 12.1 Å². The molecule has 1 saturated heterocycles. The van der Waals surface area contributed by atoms with Crippen LogP contribution in [0.1, 0.15) is 45.4 Å². The molecule has 0 saturated carbocycles. The zero-order chi connectivity index (χ0) is 21.1. The fourth-order valence-electron chi connectivity index (χ4n) is 3.89. The van der Waals surface area contributed by atoms with Crippen LogP contribution in [0.3, 0.4) is 0 Å². The number of likely N-dealkylation sites (tertiary alicyclic amines) is 1. The molecule has 1 fully saturated rings. The summed E-state index contributed by atoms with van der Waals surface area (Å²) in [4.78, 5) is 3.15. The van der Waals surface area contributed by atoms with E-state index < -0.39 is 0 Å². The summed E-state index contributed by atoms with van der Waals surface area (Å²) < 4.78 is 19.4. The van der Waals surface area contributed by atoms with Crippen LogP contribution in [0.25, 0.3) is 15.5 Å². The van der Waals surface area contributed by atoms with Gasteiger partial charge < -0.3 is 19.1 Å². The van der Waals surface area contributed by atoms with Gasteiger partial charge in [-0.25, -0.2) is 0 Å². The molecule has 0 N–H and O–H groups in total. The Balaban J connectivity index is 1.74. The van der Waals surface area contributed by atoms with Crippen molar-refractivity contribution in [1.82, 2.24) is 24.7 Å². The largest absolute Gasteiger partial charge is 0.490 e. The highest BCUT2D eigenvalue weighted by molar-refractivity contribution is 7.19. The first-order valence-corrected chi connectivity index (χ1v) is 11.4. The topological polar surface area (TPSA) is 74.0 Å². The fourth-order valence-corrected chi connectivity index (χ4v) is 4.73. The molecular weight excluding hydrogens is 402 g/mol. The van der Waals surface area contributed by atoms with Crippen molar-refractivity contribution in [2.24, 2.45) is 0 Å². The Morgan fingerprint density at radius 3 is 2.37 bits per heavy atom. The summed E-state index contributed by atoms with van der Waals surface area (Å²) in [6.07, 6.45) is 2.28. The van der Waals surface area contributed by atoms with Crippen molar-refractivity contribution in [3.8, 4) is 27.8 Å². The minimum absolute atomic E-state index is 0.354. The van der Waals surface area contributed by atoms with Crippen molar-refractivity contribution in [3.63, 3.8) is 0 Å². The van der Waals surface area contributed by atoms with Crippen LogP contribution in [0.4, 0.5) is 0 Å². The minimum Gasteiger partial charge on any atom is -0.490 e. The lowest BCUT2D eigenvalue weighted by Crippen LogP contribution is -2.31. The molecule has 162 valence electrons. The zero-order valence-corrected chi connectivity index (χ0v) is 18.9. The summed E-state index contributed by atoms with van der Waals surface area (Å²) >= 11 is 1.52. The summed E-state index contributed by atoms with van der Waals surface area (Å²) in [7, 11) is 2.15. The number of rotatable bonds is 8. The Hall–Kier alpha value is -2.39. The van der Waals surface area contributed by atoms with Gasteiger partial charge in [-0.2, -0.15) is 9.61 Å². The predicted octanol–water partition coefficient (Wildman–Crippen LogP) is 3.86. The second-order valence-electron chi connectivity index (χ2n) is 7.36. The summed E-state index contributed by atoms with van der Waals surface area (Å²) in [5.74, 6) is 3.27. The molecule has 9 heteroatoms. The van der Waals surface area contributed by atoms with Crippen molar-refractivity contribution in [2.45, 2.75) is 39.5 Å². The maximum atomic E-state index is 5.86. The number of ether oxygens (including phenoxy) is 3. The molecule has 3 aromatic rings. The van der Waals surface area contributed by atoms with Gasteiger partial charge in [0.15, 0.2) is 17.3 Å². The van der Waals surface area contributed by atoms with E-state index in [1.165, 1.54) is 17.8 Å². The van der Waals surface area contributed by atoms with E-state index >= 15 is 0 Å². The number of aromatic nitrogens is 4. The molecule has 1 unspecified atom stereocenters. The van der Waals surface area contributed by atoms with Gasteiger partial charge in [-0.3, -0.25) is 0 Å². The Kier molecular flexibility index (Phi) is 6.38. The third-order valence-corrected chi connectivity index (χ3v) is 6.11. The number of likely N-dealkylation sites (N-methyl/N-ethyl adjacent to an activating group) is 1. The van der Waals surface area contributed by atoms with E-state index in [0.29, 0.717) is 43.0 Å². The van der Waals surface area contributed by atoms with Crippen LogP contribution in [-0.2, 0) is 0 Å². The van der Waals surface area contributed by atoms with Gasteiger partial charge in [0.2, 0.25) is 10.7 Å². The van der Waals surface area contributed by atoms with E-state index in [0.717, 1.165) is 40.9 Å². The molecule has 0 bridgehead atoms. The Morgan fingerprint density at radius 1 is 1.03 bits per heavy atom. The average Bonchev–Trinajstić information content (AvgIpc) is 3.31. The molecule has 30 heavy (non-hydrogen) atoms. The third kappa shape index (κ3) is 4.09. The van der Waals surface area contributed by atoms with Crippen LogP contribution in [0.5, 0.6) is 17.2 Å². The monoisotopic (exact) mass is 431 g/mol. The highest BCUT2D eigenvalue weighted by Crippen LogP contribution is 2.43. The molecule has 0 radical (unpaired) electrons. The van der Waals surface area contributed by atoms with Gasteiger partial charge in [-0.15, -0.1) is 10.2 Å². The van der Waals surface area contributed by atoms with E-state index in [2.05, 4.69) is 22.1 Å². The van der Waals surface area contributed by atoms with Crippen molar-refractivity contribution in [2.75, 3.05) is 40.0 Å². The van der Waals surface area contributed by atoms with Gasteiger partial charge in [-0.05, 0) is 59.3 Å². The van der Waals surface area contributed by atoms with Crippen molar-refractivity contribution in [1.29, 1.82) is 0 Å². The molecule has 4 rings (SSSR count). The summed E-state index contributed by atoms with van der Waals surface area (Å²) in [6, 6.07) is 3.94. The average molecular weight is 432 g/mol. The number of fused-ring (bicyclic) bond motifs is 1. The fraction of sp³-hybridized carbons (Fsp3) is 0.571. The molecular formula is C21H29N5O3S. The van der Waals surface area contributed by atoms with E-state index in [9.17, 15) is 0 Å². The van der Waals surface area contributed by atoms with Crippen LogP contribution in [0, 0.1) is 0 Å². The van der Waals surface area contributed by atoms with Crippen LogP contribution in [-0.4, -0.2) is 64.7 Å². The van der Waals surface area contributed by atoms with E-state index in [1.807, 2.05) is 37.4 Å². The summed E-state index contributed by atoms with van der Waals surface area (Å²) in [5, 5.41) is 14.6. The van der Waals surface area contributed by atoms with E-state index in [-0.39, 0.29) is 0 Å². The highest BCUT2D eigenvalue weighted by Gasteiger charge is 2.26. The maximum Gasteiger partial charge on any atom is 0.234 e. The van der Waals surface area contributed by atoms with Gasteiger partial charge in [-0.1, -0.05) is 11.3 Å². The van der Waals surface area contributed by atoms with Gasteiger partial charge in [0.1, 0.15) is 5.01 Å². The molecule has 0 aliphatic carbocycles. The Bertz CT molecular complexity index is 975. The highest BCUT2D eigenvalue weighted by atomic mass is 32.1. The second kappa shape index (κ2) is 9.18. The molecule has 1 aliphatic heterocycles. The number of benzene rings is 1. The molecule has 1 aliphatic rings. The third-order valence-electron chi connectivity index (χ3n) is 5.16. The number of hydrogen-bond acceptors (Lipinski definition) is 8. The summed E-state index contributed by atoms with van der Waals surface area (Å²) in [5.41, 5.74) is 0.924. The molecule has 1 aromatic carbocycles. The lowest BCUT2D eigenvalue weighted by molar-refractivity contribution is 0.244. The first kappa shape index (κ1) is 20.9. The number of piperidine rings is 1. The molecule has 1 atom stereocenters. The lowest BCUT2D eigenvalue weighted by atomic mass is 9.98. The Labute approximate surface area is 180 Å². The first-order chi connectivity index (χ1) is 14.6.